The topological polar surface area (TPSA) is 42.0 Å². The zero-order chi connectivity index (χ0) is 23.5. The number of rotatable bonds is 7. The zero-order valence-corrected chi connectivity index (χ0v) is 20.1. The smallest absolute Gasteiger partial charge is 0.263 e. The van der Waals surface area contributed by atoms with Crippen molar-refractivity contribution in [3.8, 4) is 11.5 Å². The first kappa shape index (κ1) is 22.9. The summed E-state index contributed by atoms with van der Waals surface area (Å²) in [6, 6.07) is 16.7. The number of carbonyl (C=O) groups is 1. The van der Waals surface area contributed by atoms with Crippen molar-refractivity contribution in [3.63, 3.8) is 0 Å². The molecule has 2 aliphatic heterocycles. The Morgan fingerprint density at radius 3 is 2.68 bits per heavy atom. The first-order chi connectivity index (χ1) is 16.6. The Kier molecular flexibility index (Phi) is 6.83. The van der Waals surface area contributed by atoms with Crippen molar-refractivity contribution >= 4 is 17.2 Å². The molecular weight excluding hydrogens is 451 g/mol. The molecule has 3 heterocycles. The molecule has 5 nitrogen and oxygen atoms in total. The van der Waals surface area contributed by atoms with Crippen LogP contribution in [0.2, 0.25) is 0 Å². The molecule has 2 aliphatic rings. The number of thiophene rings is 1. The van der Waals surface area contributed by atoms with Gasteiger partial charge in [-0.25, -0.2) is 4.39 Å². The molecule has 0 bridgehead atoms. The van der Waals surface area contributed by atoms with E-state index >= 15 is 0 Å². The first-order valence-corrected chi connectivity index (χ1v) is 12.6. The van der Waals surface area contributed by atoms with Gasteiger partial charge >= 0.3 is 0 Å². The SMILES string of the molecule is CN(C(=O)c1cccs1)C(Cc1ccccc1F)C1CCN(Cc2ccc3c(c2)OCO3)CC1. The molecule has 7 heteroatoms. The minimum absolute atomic E-state index is 0.0131. The number of carbonyl (C=O) groups excluding carboxylic acids is 1. The quantitative estimate of drug-likeness (QED) is 0.466. The molecule has 0 spiro atoms. The van der Waals surface area contributed by atoms with Crippen molar-refractivity contribution in [2.75, 3.05) is 26.9 Å². The second-order valence-corrected chi connectivity index (χ2v) is 10.0. The predicted molar refractivity (Wildman–Crippen MR) is 131 cm³/mol. The molecule has 0 N–H and O–H groups in total. The van der Waals surface area contributed by atoms with Gasteiger partial charge < -0.3 is 14.4 Å². The highest BCUT2D eigenvalue weighted by Gasteiger charge is 2.33. The van der Waals surface area contributed by atoms with Gasteiger partial charge in [-0.15, -0.1) is 11.3 Å². The second-order valence-electron chi connectivity index (χ2n) is 9.06. The number of fused-ring (bicyclic) bond motifs is 1. The van der Waals surface area contributed by atoms with E-state index in [1.807, 2.05) is 47.7 Å². The van der Waals surface area contributed by atoms with E-state index in [2.05, 4.69) is 17.0 Å². The van der Waals surface area contributed by atoms with Crippen LogP contribution in [0.25, 0.3) is 0 Å². The highest BCUT2D eigenvalue weighted by atomic mass is 32.1. The number of piperidine rings is 1. The summed E-state index contributed by atoms with van der Waals surface area (Å²) in [5.74, 6) is 1.73. The third-order valence-corrected chi connectivity index (χ3v) is 7.81. The van der Waals surface area contributed by atoms with Crippen molar-refractivity contribution in [2.24, 2.45) is 5.92 Å². The molecule has 34 heavy (non-hydrogen) atoms. The maximum atomic E-state index is 14.5. The Balaban J connectivity index is 1.27. The Bertz CT molecular complexity index is 1130. The number of likely N-dealkylation sites (N-methyl/N-ethyl adjacent to an activating group) is 1. The number of nitrogens with zero attached hydrogens (tertiary/aromatic N) is 2. The van der Waals surface area contributed by atoms with E-state index in [0.717, 1.165) is 48.9 Å². The van der Waals surface area contributed by atoms with E-state index in [1.54, 1.807) is 6.07 Å². The van der Waals surface area contributed by atoms with Crippen LogP contribution in [0.15, 0.2) is 60.0 Å². The van der Waals surface area contributed by atoms with Crippen LogP contribution in [-0.2, 0) is 13.0 Å². The maximum Gasteiger partial charge on any atom is 0.263 e. The fourth-order valence-electron chi connectivity index (χ4n) is 5.03. The summed E-state index contributed by atoms with van der Waals surface area (Å²) in [5, 5.41) is 1.92. The number of hydrogen-bond acceptors (Lipinski definition) is 5. The van der Waals surface area contributed by atoms with Gasteiger partial charge in [0.2, 0.25) is 6.79 Å². The lowest BCUT2D eigenvalue weighted by atomic mass is 9.84. The van der Waals surface area contributed by atoms with E-state index in [9.17, 15) is 9.18 Å². The fraction of sp³-hybridized carbons (Fsp3) is 0.370. The van der Waals surface area contributed by atoms with Crippen LogP contribution in [-0.4, -0.2) is 48.7 Å². The fourth-order valence-corrected chi connectivity index (χ4v) is 5.73. The highest BCUT2D eigenvalue weighted by Crippen LogP contribution is 2.34. The third-order valence-electron chi connectivity index (χ3n) is 6.96. The second kappa shape index (κ2) is 10.2. The largest absolute Gasteiger partial charge is 0.454 e. The van der Waals surface area contributed by atoms with Crippen LogP contribution in [0, 0.1) is 11.7 Å². The van der Waals surface area contributed by atoms with E-state index in [-0.39, 0.29) is 24.6 Å². The van der Waals surface area contributed by atoms with Crippen molar-refractivity contribution in [3.05, 3.63) is 81.8 Å². The maximum absolute atomic E-state index is 14.5. The van der Waals surface area contributed by atoms with Gasteiger partial charge in [-0.3, -0.25) is 9.69 Å². The summed E-state index contributed by atoms with van der Waals surface area (Å²) in [6.07, 6.45) is 2.45. The highest BCUT2D eigenvalue weighted by molar-refractivity contribution is 7.12. The molecule has 0 radical (unpaired) electrons. The molecule has 178 valence electrons. The van der Waals surface area contributed by atoms with Crippen LogP contribution < -0.4 is 9.47 Å². The molecule has 1 amide bonds. The molecule has 1 fully saturated rings. The lowest BCUT2D eigenvalue weighted by Crippen LogP contribution is -2.47. The third kappa shape index (κ3) is 4.95. The molecule has 0 aliphatic carbocycles. The summed E-state index contributed by atoms with van der Waals surface area (Å²) in [4.78, 5) is 18.2. The minimum atomic E-state index is -0.204. The van der Waals surface area contributed by atoms with Crippen molar-refractivity contribution in [2.45, 2.75) is 31.8 Å². The molecule has 1 unspecified atom stereocenters. The monoisotopic (exact) mass is 480 g/mol. The van der Waals surface area contributed by atoms with Gasteiger partial charge in [-0.05, 0) is 79.0 Å². The lowest BCUT2D eigenvalue weighted by molar-refractivity contribution is 0.0588. The van der Waals surface area contributed by atoms with Crippen LogP contribution in [0.1, 0.15) is 33.6 Å². The van der Waals surface area contributed by atoms with Gasteiger partial charge in [-0.2, -0.15) is 0 Å². The standard InChI is InChI=1S/C27H29FN2O3S/c1-29(27(31)26-7-4-14-34-26)23(16-21-5-2-3-6-22(21)28)20-10-12-30(13-11-20)17-19-8-9-24-25(15-19)33-18-32-24/h2-9,14-15,20,23H,10-13,16-18H2,1H3. The van der Waals surface area contributed by atoms with E-state index in [4.69, 9.17) is 9.47 Å². The summed E-state index contributed by atoms with van der Waals surface area (Å²) in [7, 11) is 1.87. The Morgan fingerprint density at radius 1 is 1.12 bits per heavy atom. The number of ether oxygens (including phenoxy) is 2. The molecule has 1 aromatic heterocycles. The van der Waals surface area contributed by atoms with Crippen LogP contribution in [0.4, 0.5) is 4.39 Å². The molecule has 5 rings (SSSR count). The average Bonchev–Trinajstić information content (AvgIpc) is 3.55. The van der Waals surface area contributed by atoms with Gasteiger partial charge in [0.15, 0.2) is 11.5 Å². The minimum Gasteiger partial charge on any atom is -0.454 e. The van der Waals surface area contributed by atoms with E-state index in [1.165, 1.54) is 23.0 Å². The molecule has 3 aromatic rings. The Hall–Kier alpha value is -2.90. The number of hydrogen-bond donors (Lipinski definition) is 0. The summed E-state index contributed by atoms with van der Waals surface area (Å²) in [5.41, 5.74) is 1.87. The summed E-state index contributed by atoms with van der Waals surface area (Å²) >= 11 is 1.45. The summed E-state index contributed by atoms with van der Waals surface area (Å²) < 4.78 is 25.5. The molecule has 0 saturated carbocycles. The van der Waals surface area contributed by atoms with E-state index in [0.29, 0.717) is 17.9 Å². The van der Waals surface area contributed by atoms with Crippen molar-refractivity contribution in [1.29, 1.82) is 0 Å². The number of amides is 1. The predicted octanol–water partition coefficient (Wildman–Crippen LogP) is 5.21. The zero-order valence-electron chi connectivity index (χ0n) is 19.3. The average molecular weight is 481 g/mol. The lowest BCUT2D eigenvalue weighted by Gasteiger charge is -2.40. The number of halogens is 1. The van der Waals surface area contributed by atoms with Crippen LogP contribution in [0.3, 0.4) is 0 Å². The van der Waals surface area contributed by atoms with Gasteiger partial charge in [0.05, 0.1) is 4.88 Å². The van der Waals surface area contributed by atoms with Crippen molar-refractivity contribution in [1.82, 2.24) is 9.80 Å². The van der Waals surface area contributed by atoms with Gasteiger partial charge in [0.25, 0.3) is 5.91 Å². The molecule has 2 aromatic carbocycles. The first-order valence-electron chi connectivity index (χ1n) is 11.7. The van der Waals surface area contributed by atoms with Gasteiger partial charge in [0, 0.05) is 19.6 Å². The Labute approximate surface area is 203 Å². The van der Waals surface area contributed by atoms with Crippen LogP contribution >= 0.6 is 11.3 Å². The molecular formula is C27H29FN2O3S. The van der Waals surface area contributed by atoms with E-state index < -0.39 is 0 Å². The number of benzene rings is 2. The van der Waals surface area contributed by atoms with Crippen LogP contribution in [0.5, 0.6) is 11.5 Å². The Morgan fingerprint density at radius 2 is 1.91 bits per heavy atom. The van der Waals surface area contributed by atoms with Gasteiger partial charge in [0.1, 0.15) is 5.82 Å². The molecule has 1 atom stereocenters. The molecule has 1 saturated heterocycles. The van der Waals surface area contributed by atoms with Crippen molar-refractivity contribution < 1.29 is 18.7 Å². The van der Waals surface area contributed by atoms with Gasteiger partial charge in [-0.1, -0.05) is 30.3 Å². The number of likely N-dealkylation sites (tertiary alicyclic amines) is 1. The summed E-state index contributed by atoms with van der Waals surface area (Å²) in [6.45, 7) is 3.01. The normalized spacial score (nSPS) is 17.0.